The molecule has 0 radical (unpaired) electrons. The molecule has 0 spiro atoms. The molecule has 13 heteroatoms. The molecule has 266 valence electrons. The molecule has 2 fully saturated rings. The number of carbonyl (C=O) groups is 2. The van der Waals surface area contributed by atoms with Crippen LogP contribution >= 0.6 is 23.2 Å². The Hall–Kier alpha value is -4.24. The van der Waals surface area contributed by atoms with Crippen molar-refractivity contribution in [1.29, 1.82) is 0 Å². The summed E-state index contributed by atoms with van der Waals surface area (Å²) < 4.78 is 18.5. The molecule has 2 aliphatic rings. The summed E-state index contributed by atoms with van der Waals surface area (Å²) in [6, 6.07) is 9.46. The molecule has 1 aliphatic heterocycles. The molecule has 1 saturated heterocycles. The minimum absolute atomic E-state index is 0.00240. The lowest BCUT2D eigenvalue weighted by Gasteiger charge is -2.37. The van der Waals surface area contributed by atoms with E-state index in [1.165, 1.54) is 9.42 Å². The second kappa shape index (κ2) is 15.8. The average Bonchev–Trinajstić information content (AvgIpc) is 3.64. The van der Waals surface area contributed by atoms with Crippen molar-refractivity contribution in [2.45, 2.75) is 66.9 Å². The summed E-state index contributed by atoms with van der Waals surface area (Å²) >= 11 is 11.8. The molecule has 3 heterocycles. The highest BCUT2D eigenvalue weighted by Crippen LogP contribution is 2.41. The summed E-state index contributed by atoms with van der Waals surface area (Å²) in [4.78, 5) is 36.4. The minimum Gasteiger partial charge on any atom is -0.506 e. The first-order chi connectivity index (χ1) is 23.8. The molecular formula is C37H43Cl2N5O6. The Bertz CT molecular complexity index is 1900. The van der Waals surface area contributed by atoms with Gasteiger partial charge >= 0.3 is 12.1 Å². The van der Waals surface area contributed by atoms with Crippen LogP contribution in [0.5, 0.6) is 11.6 Å². The third-order valence-electron chi connectivity index (χ3n) is 9.35. The van der Waals surface area contributed by atoms with E-state index in [2.05, 4.69) is 35.7 Å². The minimum atomic E-state index is -0.637. The second-order valence-electron chi connectivity index (χ2n) is 13.3. The summed E-state index contributed by atoms with van der Waals surface area (Å²) in [5, 5.41) is 13.6. The van der Waals surface area contributed by atoms with Crippen LogP contribution in [0.25, 0.3) is 21.9 Å². The predicted molar refractivity (Wildman–Crippen MR) is 193 cm³/mol. The Morgan fingerprint density at radius 2 is 1.74 bits per heavy atom. The van der Waals surface area contributed by atoms with Gasteiger partial charge in [0.1, 0.15) is 17.4 Å². The van der Waals surface area contributed by atoms with Gasteiger partial charge in [-0.15, -0.1) is 0 Å². The van der Waals surface area contributed by atoms with Gasteiger partial charge in [0.15, 0.2) is 11.5 Å². The van der Waals surface area contributed by atoms with E-state index in [1.54, 1.807) is 13.0 Å². The molecule has 4 aromatic rings. The van der Waals surface area contributed by atoms with E-state index in [0.29, 0.717) is 53.7 Å². The van der Waals surface area contributed by atoms with Crippen LogP contribution < -0.4 is 4.74 Å². The molecule has 2 aromatic carbocycles. The highest BCUT2D eigenvalue weighted by molar-refractivity contribution is 6.37. The summed E-state index contributed by atoms with van der Waals surface area (Å²) in [7, 11) is 0. The number of amides is 1. The maximum absolute atomic E-state index is 13.7. The van der Waals surface area contributed by atoms with E-state index in [4.69, 9.17) is 44.0 Å². The largest absolute Gasteiger partial charge is 0.506 e. The van der Waals surface area contributed by atoms with Gasteiger partial charge in [0, 0.05) is 23.7 Å². The van der Waals surface area contributed by atoms with Crippen LogP contribution in [0.4, 0.5) is 10.5 Å². The average molecular weight is 725 g/mol. The van der Waals surface area contributed by atoms with Crippen LogP contribution in [-0.2, 0) is 15.9 Å². The van der Waals surface area contributed by atoms with Gasteiger partial charge in [-0.3, -0.25) is 5.10 Å². The number of nitrogens with one attached hydrogen (secondary N) is 1. The molecule has 2 aromatic heterocycles. The van der Waals surface area contributed by atoms with Crippen LogP contribution in [0.15, 0.2) is 30.3 Å². The Morgan fingerprint density at radius 3 is 2.34 bits per heavy atom. The second-order valence-corrected chi connectivity index (χ2v) is 14.1. The number of esters is 1. The number of hydrogen-bond acceptors (Lipinski definition) is 7. The molecule has 2 unspecified atom stereocenters. The van der Waals surface area contributed by atoms with E-state index in [1.807, 2.05) is 38.1 Å². The van der Waals surface area contributed by atoms with Gasteiger partial charge in [-0.05, 0) is 68.1 Å². The summed E-state index contributed by atoms with van der Waals surface area (Å²) in [5.74, 6) is 0.830. The van der Waals surface area contributed by atoms with Crippen LogP contribution in [-0.4, -0.2) is 69.1 Å². The Kier molecular flexibility index (Phi) is 11.7. The maximum atomic E-state index is 13.7. The summed E-state index contributed by atoms with van der Waals surface area (Å²) in [5.41, 5.74) is 3.48. The van der Waals surface area contributed by atoms with Crippen molar-refractivity contribution in [2.24, 2.45) is 17.8 Å². The number of hydrogen-bond donors (Lipinski definition) is 2. The van der Waals surface area contributed by atoms with Gasteiger partial charge in [0.2, 0.25) is 5.88 Å². The van der Waals surface area contributed by atoms with Gasteiger partial charge in [0.25, 0.3) is 5.69 Å². The Morgan fingerprint density at radius 1 is 1.10 bits per heavy atom. The number of aryl methyl sites for hydroxylation is 2. The molecule has 11 nitrogen and oxygen atoms in total. The number of H-pyrrole nitrogens is 1. The number of aromatic hydroxyl groups is 1. The van der Waals surface area contributed by atoms with Crippen molar-refractivity contribution < 1.29 is 28.9 Å². The molecule has 1 amide bonds. The number of fused-ring (bicyclic) bond motifs is 1. The lowest BCUT2D eigenvalue weighted by Crippen LogP contribution is -2.42. The molecule has 0 bridgehead atoms. The smallest absolute Gasteiger partial charge is 0.415 e. The maximum Gasteiger partial charge on any atom is 0.415 e. The third kappa shape index (κ3) is 7.73. The van der Waals surface area contributed by atoms with Crippen molar-refractivity contribution >= 4 is 46.6 Å². The van der Waals surface area contributed by atoms with Crippen LogP contribution in [0.3, 0.4) is 0 Å². The zero-order chi connectivity index (χ0) is 36.3. The number of carbonyl (C=O) groups excluding carboxylic acids is 2. The standard InChI is InChI=1S/C28H33N5O5.C9H10Cl2O/c1-16-6-8-20(9-7-16)24-30-25-21(27(34)37-23-18(3)14-17(2)15-19(23)4)22(29-5)26(33(25)31-24)38-28(35)32-10-12-36-13-11-32;1-3-6-7(10)4-5(2)9(12)8(6)11/h6-9,17-19,23H,10-15H2,1-4H3,(H,30,31);4,12H,3H2,1-2H3. The van der Waals surface area contributed by atoms with Gasteiger partial charge in [0.05, 0.1) is 24.8 Å². The van der Waals surface area contributed by atoms with Crippen molar-refractivity contribution in [3.63, 3.8) is 0 Å². The number of aromatic amines is 1. The number of aromatic nitrogens is 3. The highest BCUT2D eigenvalue weighted by Gasteiger charge is 2.37. The number of morpholine rings is 1. The van der Waals surface area contributed by atoms with Gasteiger partial charge in [-0.25, -0.2) is 23.9 Å². The third-order valence-corrected chi connectivity index (χ3v) is 10.1. The fourth-order valence-corrected chi connectivity index (χ4v) is 7.62. The van der Waals surface area contributed by atoms with E-state index in [-0.39, 0.29) is 46.5 Å². The first-order valence-corrected chi connectivity index (χ1v) is 17.6. The fraction of sp³-hybridized carbons (Fsp3) is 0.459. The van der Waals surface area contributed by atoms with Gasteiger partial charge < -0.3 is 24.2 Å². The van der Waals surface area contributed by atoms with Crippen molar-refractivity contribution in [1.82, 2.24) is 19.5 Å². The first-order valence-electron chi connectivity index (χ1n) is 16.8. The Balaban J connectivity index is 0.000000343. The monoisotopic (exact) mass is 723 g/mol. The Labute approximate surface area is 302 Å². The highest BCUT2D eigenvalue weighted by atomic mass is 35.5. The van der Waals surface area contributed by atoms with E-state index in [9.17, 15) is 14.7 Å². The summed E-state index contributed by atoms with van der Waals surface area (Å²) in [6.45, 7) is 21.6. The number of halogens is 2. The number of nitrogens with zero attached hydrogens (tertiary/aromatic N) is 4. The van der Waals surface area contributed by atoms with Crippen molar-refractivity contribution in [3.05, 3.63) is 74.0 Å². The topological polar surface area (TPSA) is 123 Å². The first kappa shape index (κ1) is 37.0. The number of phenolic OH excluding ortho intramolecular Hbond substituents is 1. The molecule has 1 saturated carbocycles. The van der Waals surface area contributed by atoms with Gasteiger partial charge in [-0.2, -0.15) is 0 Å². The normalized spacial score (nSPS) is 20.5. The molecule has 2 N–H and O–H groups in total. The van der Waals surface area contributed by atoms with E-state index in [0.717, 1.165) is 36.0 Å². The molecular weight excluding hydrogens is 681 g/mol. The molecule has 6 rings (SSSR count). The zero-order valence-electron chi connectivity index (χ0n) is 29.2. The number of benzene rings is 2. The van der Waals surface area contributed by atoms with Crippen LogP contribution in [0, 0.1) is 38.2 Å². The zero-order valence-corrected chi connectivity index (χ0v) is 30.7. The quantitative estimate of drug-likeness (QED) is 0.156. The lowest BCUT2D eigenvalue weighted by atomic mass is 9.75. The van der Waals surface area contributed by atoms with Crippen LogP contribution in [0.2, 0.25) is 10.0 Å². The lowest BCUT2D eigenvalue weighted by molar-refractivity contribution is -0.0249. The molecule has 50 heavy (non-hydrogen) atoms. The number of rotatable bonds is 5. The van der Waals surface area contributed by atoms with Crippen LogP contribution in [0.1, 0.15) is 67.6 Å². The van der Waals surface area contributed by atoms with Gasteiger partial charge in [-0.1, -0.05) is 80.7 Å². The predicted octanol–water partition coefficient (Wildman–Crippen LogP) is 8.82. The van der Waals surface area contributed by atoms with Crippen molar-refractivity contribution in [2.75, 3.05) is 26.3 Å². The fourth-order valence-electron chi connectivity index (χ4n) is 6.79. The number of phenols is 1. The molecule has 2 atom stereocenters. The van der Waals surface area contributed by atoms with Crippen molar-refractivity contribution in [3.8, 4) is 23.0 Å². The number of ether oxygens (including phenoxy) is 3. The molecule has 1 aliphatic carbocycles. The SMILES string of the molecule is CCc1c(Cl)cc(C)c(O)c1Cl.[C-]#[N+]c1c(C(=O)OC2C(C)CC(C)CC2C)c2nc(-c3ccc(C)cc3)[nH]n2c1OC(=O)N1CCOCC1. The van der Waals surface area contributed by atoms with E-state index >= 15 is 0 Å². The summed E-state index contributed by atoms with van der Waals surface area (Å²) in [6.07, 6.45) is 1.76. The van der Waals surface area contributed by atoms with E-state index < -0.39 is 12.1 Å².